The van der Waals surface area contributed by atoms with Crippen molar-refractivity contribution in [2.75, 3.05) is 5.32 Å². The first-order valence-electron chi connectivity index (χ1n) is 6.81. The number of nitrogens with zero attached hydrogens (tertiary/aromatic N) is 1. The van der Waals surface area contributed by atoms with E-state index in [1.54, 1.807) is 22.2 Å². The Hall–Kier alpha value is -2.60. The third-order valence-corrected chi connectivity index (χ3v) is 4.37. The lowest BCUT2D eigenvalue weighted by molar-refractivity contribution is -0.116. The first kappa shape index (κ1) is 14.3. The molecular weight excluding hydrogens is 300 g/mol. The van der Waals surface area contributed by atoms with Crippen molar-refractivity contribution in [3.63, 3.8) is 0 Å². The van der Waals surface area contributed by atoms with E-state index in [1.807, 2.05) is 18.2 Å². The van der Waals surface area contributed by atoms with Crippen molar-refractivity contribution in [3.05, 3.63) is 58.9 Å². The molecular formula is C16H14N2O3S. The van der Waals surface area contributed by atoms with Crippen LogP contribution in [0.3, 0.4) is 0 Å². The van der Waals surface area contributed by atoms with Gasteiger partial charge in [-0.1, -0.05) is 23.7 Å². The minimum atomic E-state index is -0.171. The minimum absolute atomic E-state index is 0.0574. The summed E-state index contributed by atoms with van der Waals surface area (Å²) >= 11 is 1.37. The Balaban J connectivity index is 1.66. The highest BCUT2D eigenvalue weighted by Crippen LogP contribution is 2.17. The summed E-state index contributed by atoms with van der Waals surface area (Å²) in [6.07, 6.45) is 0.216. The second-order valence-electron chi connectivity index (χ2n) is 4.84. The zero-order valence-corrected chi connectivity index (χ0v) is 12.5. The van der Waals surface area contributed by atoms with E-state index in [-0.39, 0.29) is 23.6 Å². The number of amides is 1. The van der Waals surface area contributed by atoms with Crippen LogP contribution in [0.2, 0.25) is 0 Å². The maximum atomic E-state index is 12.2. The molecule has 3 rings (SSSR count). The fourth-order valence-electron chi connectivity index (χ4n) is 2.14. The van der Waals surface area contributed by atoms with Gasteiger partial charge in [-0.15, -0.1) is 0 Å². The van der Waals surface area contributed by atoms with Crippen molar-refractivity contribution in [3.8, 4) is 5.75 Å². The SMILES string of the molecule is O=C(CCn1sc2ccccc2c1=O)Nc1ccc(O)cc1. The summed E-state index contributed by atoms with van der Waals surface area (Å²) in [5.41, 5.74) is 0.560. The molecule has 112 valence electrons. The van der Waals surface area contributed by atoms with Gasteiger partial charge in [0.15, 0.2) is 0 Å². The van der Waals surface area contributed by atoms with Crippen molar-refractivity contribution < 1.29 is 9.90 Å². The molecule has 0 bridgehead atoms. The fourth-order valence-corrected chi connectivity index (χ4v) is 3.13. The van der Waals surface area contributed by atoms with Crippen LogP contribution in [0.4, 0.5) is 5.69 Å². The molecule has 2 aromatic carbocycles. The Kier molecular flexibility index (Phi) is 3.93. The van der Waals surface area contributed by atoms with Crippen molar-refractivity contribution in [1.29, 1.82) is 0 Å². The van der Waals surface area contributed by atoms with E-state index in [9.17, 15) is 14.7 Å². The molecule has 2 N–H and O–H groups in total. The molecule has 0 fully saturated rings. The molecule has 1 aromatic heterocycles. The van der Waals surface area contributed by atoms with Crippen LogP contribution in [-0.4, -0.2) is 15.0 Å². The van der Waals surface area contributed by atoms with Crippen LogP contribution in [0, 0.1) is 0 Å². The molecule has 0 radical (unpaired) electrons. The van der Waals surface area contributed by atoms with Gasteiger partial charge in [-0.2, -0.15) is 0 Å². The summed E-state index contributed by atoms with van der Waals surface area (Å²) in [6.45, 7) is 0.349. The van der Waals surface area contributed by atoms with Crippen LogP contribution in [0.15, 0.2) is 53.3 Å². The topological polar surface area (TPSA) is 71.3 Å². The number of rotatable bonds is 4. The molecule has 0 unspecified atom stereocenters. The van der Waals surface area contributed by atoms with E-state index in [0.29, 0.717) is 17.6 Å². The molecule has 0 aliphatic rings. The summed E-state index contributed by atoms with van der Waals surface area (Å²) in [4.78, 5) is 24.1. The molecule has 0 aliphatic carbocycles. The second-order valence-corrected chi connectivity index (χ2v) is 5.90. The number of nitrogens with one attached hydrogen (secondary N) is 1. The van der Waals surface area contributed by atoms with Gasteiger partial charge in [0.1, 0.15) is 5.75 Å². The number of carbonyl (C=O) groups excluding carboxylic acids is 1. The molecule has 0 saturated heterocycles. The Morgan fingerprint density at radius 2 is 1.86 bits per heavy atom. The molecule has 22 heavy (non-hydrogen) atoms. The number of benzene rings is 2. The van der Waals surface area contributed by atoms with Gasteiger partial charge < -0.3 is 10.4 Å². The number of hydrogen-bond donors (Lipinski definition) is 2. The summed E-state index contributed by atoms with van der Waals surface area (Å²) in [5.74, 6) is -0.0233. The highest BCUT2D eigenvalue weighted by atomic mass is 32.1. The minimum Gasteiger partial charge on any atom is -0.508 e. The van der Waals surface area contributed by atoms with Gasteiger partial charge in [0.2, 0.25) is 5.91 Å². The summed E-state index contributed by atoms with van der Waals surface area (Å²) in [7, 11) is 0. The average Bonchev–Trinajstić information content (AvgIpc) is 2.84. The number of aromatic hydroxyl groups is 1. The Morgan fingerprint density at radius 1 is 1.14 bits per heavy atom. The van der Waals surface area contributed by atoms with Crippen LogP contribution in [-0.2, 0) is 11.3 Å². The summed E-state index contributed by atoms with van der Waals surface area (Å²) in [5, 5.41) is 12.6. The monoisotopic (exact) mass is 314 g/mol. The van der Waals surface area contributed by atoms with Crippen molar-refractivity contribution in [2.45, 2.75) is 13.0 Å². The molecule has 0 saturated carbocycles. The largest absolute Gasteiger partial charge is 0.508 e. The molecule has 0 atom stereocenters. The molecule has 3 aromatic rings. The lowest BCUT2D eigenvalue weighted by Crippen LogP contribution is -2.18. The number of carbonyl (C=O) groups is 1. The standard InChI is InChI=1S/C16H14N2O3S/c19-12-7-5-11(6-8-12)17-15(20)9-10-18-16(21)13-3-1-2-4-14(13)22-18/h1-8,19H,9-10H2,(H,17,20). The maximum Gasteiger partial charge on any atom is 0.268 e. The van der Waals surface area contributed by atoms with Crippen LogP contribution in [0.5, 0.6) is 5.75 Å². The third-order valence-electron chi connectivity index (χ3n) is 3.25. The van der Waals surface area contributed by atoms with Crippen molar-refractivity contribution in [2.24, 2.45) is 0 Å². The van der Waals surface area contributed by atoms with Crippen LogP contribution < -0.4 is 10.9 Å². The Labute approximate surface area is 130 Å². The normalized spacial score (nSPS) is 10.7. The van der Waals surface area contributed by atoms with Gasteiger partial charge in [-0.3, -0.25) is 13.5 Å². The highest BCUT2D eigenvalue weighted by molar-refractivity contribution is 7.13. The number of phenolic OH excluding ortho intramolecular Hbond substituents is 1. The van der Waals surface area contributed by atoms with E-state index in [0.717, 1.165) is 4.70 Å². The smallest absolute Gasteiger partial charge is 0.268 e. The van der Waals surface area contributed by atoms with E-state index in [1.165, 1.54) is 23.7 Å². The van der Waals surface area contributed by atoms with E-state index < -0.39 is 0 Å². The van der Waals surface area contributed by atoms with Crippen LogP contribution >= 0.6 is 11.5 Å². The maximum absolute atomic E-state index is 12.2. The molecule has 1 amide bonds. The zero-order chi connectivity index (χ0) is 15.5. The van der Waals surface area contributed by atoms with E-state index in [2.05, 4.69) is 5.32 Å². The fraction of sp³-hybridized carbons (Fsp3) is 0.125. The van der Waals surface area contributed by atoms with Crippen molar-refractivity contribution in [1.82, 2.24) is 3.96 Å². The predicted molar refractivity (Wildman–Crippen MR) is 87.4 cm³/mol. The van der Waals surface area contributed by atoms with E-state index >= 15 is 0 Å². The second kappa shape index (κ2) is 6.03. The average molecular weight is 314 g/mol. The van der Waals surface area contributed by atoms with Gasteiger partial charge in [0, 0.05) is 18.7 Å². The molecule has 0 aliphatic heterocycles. The van der Waals surface area contributed by atoms with Crippen molar-refractivity contribution >= 4 is 33.2 Å². The lowest BCUT2D eigenvalue weighted by Gasteiger charge is -2.05. The number of aryl methyl sites for hydroxylation is 1. The van der Waals surface area contributed by atoms with E-state index in [4.69, 9.17) is 0 Å². The number of hydrogen-bond acceptors (Lipinski definition) is 4. The first-order chi connectivity index (χ1) is 10.6. The quantitative estimate of drug-likeness (QED) is 0.727. The molecule has 6 heteroatoms. The van der Waals surface area contributed by atoms with Gasteiger partial charge in [0.05, 0.1) is 10.1 Å². The van der Waals surface area contributed by atoms with Crippen LogP contribution in [0.25, 0.3) is 10.1 Å². The molecule has 5 nitrogen and oxygen atoms in total. The summed E-state index contributed by atoms with van der Waals surface area (Å²) < 4.78 is 2.52. The summed E-state index contributed by atoms with van der Waals surface area (Å²) in [6, 6.07) is 13.7. The van der Waals surface area contributed by atoms with Crippen LogP contribution in [0.1, 0.15) is 6.42 Å². The Bertz CT molecular complexity index is 865. The van der Waals surface area contributed by atoms with Gasteiger partial charge in [-0.05, 0) is 36.4 Å². The van der Waals surface area contributed by atoms with Gasteiger partial charge in [-0.25, -0.2) is 0 Å². The first-order valence-corrected chi connectivity index (χ1v) is 7.58. The van der Waals surface area contributed by atoms with Gasteiger partial charge >= 0.3 is 0 Å². The predicted octanol–water partition coefficient (Wildman–Crippen LogP) is 2.80. The number of anilines is 1. The number of phenols is 1. The lowest BCUT2D eigenvalue weighted by atomic mass is 10.3. The number of aromatic nitrogens is 1. The Morgan fingerprint density at radius 3 is 2.59 bits per heavy atom. The highest BCUT2D eigenvalue weighted by Gasteiger charge is 2.09. The van der Waals surface area contributed by atoms with Gasteiger partial charge in [0.25, 0.3) is 5.56 Å². The zero-order valence-electron chi connectivity index (χ0n) is 11.7. The molecule has 1 heterocycles. The number of fused-ring (bicyclic) bond motifs is 1. The third kappa shape index (κ3) is 3.01. The molecule has 0 spiro atoms.